The SMILES string of the molecule is COCOC[C@H]1O[C@H]2O[C@@H]1[C@H]([C@H]1O[C@@H]3CCC[C@H]4O[C@H]5[C@@H]6OC(C)(C)O[C@@H]6O[C@H]5[C@@H]1N43)[C@H]2OCOC. The van der Waals surface area contributed by atoms with E-state index in [-0.39, 0.29) is 80.7 Å². The number of ether oxygens (including phenoxy) is 11. The van der Waals surface area contributed by atoms with Crippen LogP contribution < -0.4 is 0 Å². The Morgan fingerprint density at radius 2 is 1.53 bits per heavy atom. The van der Waals surface area contributed by atoms with Gasteiger partial charge in [-0.3, -0.25) is 0 Å². The Hall–Kier alpha value is -0.480. The van der Waals surface area contributed by atoms with Crippen molar-refractivity contribution in [2.75, 3.05) is 34.4 Å². The molecule has 0 N–H and O–H groups in total. The lowest BCUT2D eigenvalue weighted by Gasteiger charge is -2.49. The van der Waals surface area contributed by atoms with Gasteiger partial charge in [0.15, 0.2) is 18.4 Å². The van der Waals surface area contributed by atoms with Gasteiger partial charge in [-0.05, 0) is 33.1 Å². The van der Waals surface area contributed by atoms with Gasteiger partial charge in [0.1, 0.15) is 56.6 Å². The minimum atomic E-state index is -0.703. The highest BCUT2D eigenvalue weighted by atomic mass is 16.8. The Labute approximate surface area is 210 Å². The number of rotatable bonds is 8. The van der Waals surface area contributed by atoms with E-state index in [9.17, 15) is 0 Å². The molecule has 0 unspecified atom stereocenters. The summed E-state index contributed by atoms with van der Waals surface area (Å²) in [4.78, 5) is 2.37. The quantitative estimate of drug-likeness (QED) is 0.332. The van der Waals surface area contributed by atoms with Crippen molar-refractivity contribution < 1.29 is 52.1 Å². The molecule has 7 saturated heterocycles. The van der Waals surface area contributed by atoms with E-state index in [1.807, 2.05) is 13.8 Å². The standard InChI is InChI=1S/C24H37NO11/c1-24(2)35-21-20-19(34-23(21)36-24)15-17(31-12-6-5-7-13(32-20)25(12)15)14-16-11(8-28-9-26-3)30-22(33-16)18(14)29-10-27-4/h11-23H,5-10H2,1-4H3/t11-,12-,13-,14-,15-,16+,17-,18-,19+,20-,21+,22+,23+/m1/s1. The molecule has 0 amide bonds. The predicted molar refractivity (Wildman–Crippen MR) is 117 cm³/mol. The molecule has 2 bridgehead atoms. The molecular weight excluding hydrogens is 478 g/mol. The first kappa shape index (κ1) is 24.6. The lowest BCUT2D eigenvalue weighted by Crippen LogP contribution is -2.65. The Balaban J connectivity index is 1.19. The third kappa shape index (κ3) is 3.81. The Kier molecular flexibility index (Phi) is 6.35. The maximum absolute atomic E-state index is 6.83. The number of fused-ring (bicyclic) bond motifs is 6. The average molecular weight is 516 g/mol. The molecule has 0 aromatic rings. The topological polar surface area (TPSA) is 105 Å². The fourth-order valence-electron chi connectivity index (χ4n) is 7.31. The summed E-state index contributed by atoms with van der Waals surface area (Å²) in [5.41, 5.74) is 0. The lowest BCUT2D eigenvalue weighted by molar-refractivity contribution is -0.270. The summed E-state index contributed by atoms with van der Waals surface area (Å²) in [7, 11) is 3.21. The summed E-state index contributed by atoms with van der Waals surface area (Å²) in [6, 6.07) is -0.0536. The van der Waals surface area contributed by atoms with Crippen LogP contribution in [0.2, 0.25) is 0 Å². The van der Waals surface area contributed by atoms with Gasteiger partial charge < -0.3 is 52.1 Å². The van der Waals surface area contributed by atoms with Crippen LogP contribution in [0.5, 0.6) is 0 Å². The molecule has 0 aliphatic carbocycles. The second-order valence-corrected chi connectivity index (χ2v) is 11.1. The maximum Gasteiger partial charge on any atom is 0.190 e. The van der Waals surface area contributed by atoms with E-state index in [2.05, 4.69) is 4.90 Å². The number of hydrogen-bond donors (Lipinski definition) is 0. The van der Waals surface area contributed by atoms with E-state index in [4.69, 9.17) is 52.1 Å². The fraction of sp³-hybridized carbons (Fsp3) is 1.00. The normalized spacial score (nSPS) is 52.5. The Bertz CT molecular complexity index is 817. The van der Waals surface area contributed by atoms with E-state index >= 15 is 0 Å². The molecular formula is C24H37NO11. The van der Waals surface area contributed by atoms with Crippen molar-refractivity contribution in [3.05, 3.63) is 0 Å². The molecule has 0 aromatic heterocycles. The van der Waals surface area contributed by atoms with Crippen LogP contribution in [0.25, 0.3) is 0 Å². The lowest BCUT2D eigenvalue weighted by atomic mass is 9.80. The van der Waals surface area contributed by atoms with Crippen LogP contribution in [0.3, 0.4) is 0 Å². The van der Waals surface area contributed by atoms with Crippen molar-refractivity contribution in [1.82, 2.24) is 4.90 Å². The van der Waals surface area contributed by atoms with Gasteiger partial charge in [-0.15, -0.1) is 0 Å². The number of hydrogen-bond acceptors (Lipinski definition) is 12. The summed E-state index contributed by atoms with van der Waals surface area (Å²) in [6.07, 6.45) is 0.0100. The van der Waals surface area contributed by atoms with Gasteiger partial charge in [-0.1, -0.05) is 0 Å². The first-order valence-corrected chi connectivity index (χ1v) is 13.1. The molecule has 7 aliphatic rings. The van der Waals surface area contributed by atoms with Crippen LogP contribution in [0, 0.1) is 5.92 Å². The van der Waals surface area contributed by atoms with Crippen molar-refractivity contribution in [2.45, 2.75) is 113 Å². The summed E-state index contributed by atoms with van der Waals surface area (Å²) in [5, 5.41) is 0. The van der Waals surface area contributed by atoms with Gasteiger partial charge in [-0.2, -0.15) is 0 Å². The minimum Gasteiger partial charge on any atom is -0.359 e. The van der Waals surface area contributed by atoms with E-state index in [1.54, 1.807) is 14.2 Å². The molecule has 7 aliphatic heterocycles. The molecule has 7 fully saturated rings. The predicted octanol–water partition coefficient (Wildman–Crippen LogP) is 0.517. The molecule has 204 valence electrons. The largest absolute Gasteiger partial charge is 0.359 e. The van der Waals surface area contributed by atoms with Crippen molar-refractivity contribution >= 4 is 0 Å². The van der Waals surface area contributed by atoms with E-state index in [0.29, 0.717) is 6.61 Å². The van der Waals surface area contributed by atoms with Gasteiger partial charge in [0.25, 0.3) is 0 Å². The van der Waals surface area contributed by atoms with Gasteiger partial charge in [0.05, 0.1) is 24.9 Å². The van der Waals surface area contributed by atoms with Crippen molar-refractivity contribution in [2.24, 2.45) is 5.92 Å². The molecule has 7 rings (SSSR count). The maximum atomic E-state index is 6.83. The minimum absolute atomic E-state index is 0.0478. The summed E-state index contributed by atoms with van der Waals surface area (Å²) < 4.78 is 66.8. The van der Waals surface area contributed by atoms with Gasteiger partial charge in [0.2, 0.25) is 0 Å². The molecule has 13 atom stereocenters. The second kappa shape index (κ2) is 9.32. The van der Waals surface area contributed by atoms with Crippen LogP contribution >= 0.6 is 0 Å². The van der Waals surface area contributed by atoms with Crippen LogP contribution in [-0.2, 0) is 52.1 Å². The van der Waals surface area contributed by atoms with Crippen LogP contribution in [0.4, 0.5) is 0 Å². The first-order valence-electron chi connectivity index (χ1n) is 13.1. The molecule has 7 heterocycles. The number of methoxy groups -OCH3 is 2. The van der Waals surface area contributed by atoms with Crippen molar-refractivity contribution in [1.29, 1.82) is 0 Å². The highest BCUT2D eigenvalue weighted by Crippen LogP contribution is 2.53. The van der Waals surface area contributed by atoms with Gasteiger partial charge >= 0.3 is 0 Å². The molecule has 0 aromatic carbocycles. The zero-order chi connectivity index (χ0) is 24.6. The Morgan fingerprint density at radius 3 is 2.31 bits per heavy atom. The number of nitrogens with zero attached hydrogens (tertiary/aromatic N) is 1. The van der Waals surface area contributed by atoms with Crippen molar-refractivity contribution in [3.8, 4) is 0 Å². The third-order valence-electron chi connectivity index (χ3n) is 8.47. The molecule has 0 spiro atoms. The van der Waals surface area contributed by atoms with E-state index in [0.717, 1.165) is 19.3 Å². The average Bonchev–Trinajstić information content (AvgIpc) is 3.63. The molecule has 0 saturated carbocycles. The fourth-order valence-corrected chi connectivity index (χ4v) is 7.31. The van der Waals surface area contributed by atoms with Crippen LogP contribution in [0.15, 0.2) is 0 Å². The zero-order valence-corrected chi connectivity index (χ0v) is 21.2. The van der Waals surface area contributed by atoms with E-state index in [1.165, 1.54) is 0 Å². The Morgan fingerprint density at radius 1 is 0.778 bits per heavy atom. The van der Waals surface area contributed by atoms with Crippen LogP contribution in [-0.4, -0.2) is 119 Å². The molecule has 12 nitrogen and oxygen atoms in total. The second-order valence-electron chi connectivity index (χ2n) is 11.1. The molecule has 36 heavy (non-hydrogen) atoms. The monoisotopic (exact) mass is 515 g/mol. The third-order valence-corrected chi connectivity index (χ3v) is 8.47. The van der Waals surface area contributed by atoms with Gasteiger partial charge in [-0.25, -0.2) is 4.90 Å². The van der Waals surface area contributed by atoms with Crippen LogP contribution in [0.1, 0.15) is 33.1 Å². The number of piperidine rings is 1. The highest BCUT2D eigenvalue weighted by Gasteiger charge is 2.70. The summed E-state index contributed by atoms with van der Waals surface area (Å²) in [6.45, 7) is 4.52. The van der Waals surface area contributed by atoms with Gasteiger partial charge in [0, 0.05) is 20.1 Å². The van der Waals surface area contributed by atoms with Crippen molar-refractivity contribution in [3.63, 3.8) is 0 Å². The smallest absolute Gasteiger partial charge is 0.190 e. The zero-order valence-electron chi connectivity index (χ0n) is 21.2. The summed E-state index contributed by atoms with van der Waals surface area (Å²) in [5.74, 6) is -0.807. The highest BCUT2D eigenvalue weighted by molar-refractivity contribution is 5.14. The molecule has 0 radical (unpaired) electrons. The molecule has 12 heteroatoms. The first-order chi connectivity index (χ1) is 17.5. The summed E-state index contributed by atoms with van der Waals surface area (Å²) >= 11 is 0. The van der Waals surface area contributed by atoms with E-state index < -0.39 is 18.4 Å².